The molecule has 0 saturated carbocycles. The van der Waals surface area contributed by atoms with Crippen molar-refractivity contribution in [2.45, 2.75) is 39.3 Å². The number of hydrogen-bond acceptors (Lipinski definition) is 3. The molecule has 0 aliphatic carbocycles. The molecule has 22 heavy (non-hydrogen) atoms. The average Bonchev–Trinajstić information content (AvgIpc) is 2.77. The predicted molar refractivity (Wildman–Crippen MR) is 85.1 cm³/mol. The summed E-state index contributed by atoms with van der Waals surface area (Å²) in [6.45, 7) is 6.14. The highest BCUT2D eigenvalue weighted by atomic mass is 35.5. The van der Waals surface area contributed by atoms with Crippen molar-refractivity contribution in [2.24, 2.45) is 0 Å². The molecular formula is C15H19ClN4O2. The minimum Gasteiger partial charge on any atom is -0.465 e. The molecule has 0 bridgehead atoms. The lowest BCUT2D eigenvalue weighted by Gasteiger charge is -2.24. The van der Waals surface area contributed by atoms with E-state index in [-0.39, 0.29) is 0 Å². The van der Waals surface area contributed by atoms with Gasteiger partial charge < -0.3 is 10.4 Å². The van der Waals surface area contributed by atoms with Crippen molar-refractivity contribution in [1.82, 2.24) is 20.1 Å². The summed E-state index contributed by atoms with van der Waals surface area (Å²) in [6.07, 6.45) is -0.411. The largest absolute Gasteiger partial charge is 0.465 e. The summed E-state index contributed by atoms with van der Waals surface area (Å²) in [5, 5.41) is 16.5. The fraction of sp³-hybridized carbons (Fsp3) is 0.400. The monoisotopic (exact) mass is 322 g/mol. The first-order chi connectivity index (χ1) is 10.3. The fourth-order valence-corrected chi connectivity index (χ4v) is 2.22. The van der Waals surface area contributed by atoms with Gasteiger partial charge in [-0.2, -0.15) is 5.10 Å². The number of hydrogen-bond donors (Lipinski definition) is 2. The molecule has 0 aliphatic rings. The van der Waals surface area contributed by atoms with Crippen LogP contribution in [0.4, 0.5) is 4.79 Å². The minimum absolute atomic E-state index is 0.523. The van der Waals surface area contributed by atoms with Gasteiger partial charge in [0.2, 0.25) is 0 Å². The second-order valence-corrected chi connectivity index (χ2v) is 6.21. The molecule has 7 heteroatoms. The number of nitrogens with one attached hydrogen (secondary N) is 1. The van der Waals surface area contributed by atoms with Crippen molar-refractivity contribution >= 4 is 17.7 Å². The van der Waals surface area contributed by atoms with Gasteiger partial charge in [0, 0.05) is 22.7 Å². The molecule has 0 fully saturated rings. The number of benzene rings is 1. The number of amides is 1. The van der Waals surface area contributed by atoms with Gasteiger partial charge in [-0.25, -0.2) is 14.5 Å². The predicted octanol–water partition coefficient (Wildman–Crippen LogP) is 3.34. The quantitative estimate of drug-likeness (QED) is 0.884. The van der Waals surface area contributed by atoms with E-state index >= 15 is 0 Å². The summed E-state index contributed by atoms with van der Waals surface area (Å²) in [7, 11) is 0. The van der Waals surface area contributed by atoms with Gasteiger partial charge in [0.25, 0.3) is 0 Å². The molecular weight excluding hydrogens is 304 g/mol. The zero-order chi connectivity index (χ0) is 16.3. The lowest BCUT2D eigenvalue weighted by molar-refractivity contribution is 0.179. The molecule has 118 valence electrons. The van der Waals surface area contributed by atoms with Crippen LogP contribution in [0.25, 0.3) is 11.4 Å². The van der Waals surface area contributed by atoms with Crippen molar-refractivity contribution in [3.05, 3.63) is 35.1 Å². The van der Waals surface area contributed by atoms with Crippen molar-refractivity contribution < 1.29 is 9.90 Å². The summed E-state index contributed by atoms with van der Waals surface area (Å²) < 4.78 is 1.79. The second-order valence-electron chi connectivity index (χ2n) is 5.78. The van der Waals surface area contributed by atoms with Crippen LogP contribution in [0.5, 0.6) is 0 Å². The molecule has 0 aliphatic heterocycles. The SMILES string of the molecule is Cc1nc(-c2ccc(Cl)cc2)nn1CCC(C)(C)NC(=O)O. The Morgan fingerprint density at radius 2 is 2.00 bits per heavy atom. The average molecular weight is 323 g/mol. The molecule has 1 amide bonds. The molecule has 0 unspecified atom stereocenters. The van der Waals surface area contributed by atoms with Gasteiger partial charge >= 0.3 is 6.09 Å². The highest BCUT2D eigenvalue weighted by molar-refractivity contribution is 6.30. The van der Waals surface area contributed by atoms with E-state index in [1.54, 1.807) is 16.8 Å². The normalized spacial score (nSPS) is 11.5. The third-order valence-electron chi connectivity index (χ3n) is 3.35. The number of halogens is 1. The minimum atomic E-state index is -1.03. The maximum Gasteiger partial charge on any atom is 0.405 e. The number of aryl methyl sites for hydroxylation is 2. The van der Waals surface area contributed by atoms with Crippen molar-refractivity contribution in [1.29, 1.82) is 0 Å². The highest BCUT2D eigenvalue weighted by Gasteiger charge is 2.20. The lowest BCUT2D eigenvalue weighted by Crippen LogP contribution is -2.43. The number of carbonyl (C=O) groups is 1. The Labute approximate surface area is 134 Å². The number of nitrogens with zero attached hydrogens (tertiary/aromatic N) is 3. The lowest BCUT2D eigenvalue weighted by atomic mass is 10.0. The maximum absolute atomic E-state index is 10.8. The van der Waals surface area contributed by atoms with Crippen LogP contribution in [0, 0.1) is 6.92 Å². The Morgan fingerprint density at radius 1 is 1.36 bits per heavy atom. The summed E-state index contributed by atoms with van der Waals surface area (Å²) >= 11 is 5.88. The van der Waals surface area contributed by atoms with Gasteiger partial charge in [-0.15, -0.1) is 0 Å². The molecule has 1 aromatic carbocycles. The van der Waals surface area contributed by atoms with Gasteiger partial charge in [-0.1, -0.05) is 11.6 Å². The summed E-state index contributed by atoms with van der Waals surface area (Å²) in [5.74, 6) is 1.43. The molecule has 2 N–H and O–H groups in total. The van der Waals surface area contributed by atoms with Gasteiger partial charge in [0.05, 0.1) is 0 Å². The van der Waals surface area contributed by atoms with Crippen LogP contribution < -0.4 is 5.32 Å². The number of carboxylic acid groups (broad SMARTS) is 1. The Hall–Kier alpha value is -2.08. The molecule has 2 rings (SSSR count). The zero-order valence-electron chi connectivity index (χ0n) is 12.8. The molecule has 6 nitrogen and oxygen atoms in total. The summed E-state index contributed by atoms with van der Waals surface area (Å²) in [6, 6.07) is 7.34. The van der Waals surface area contributed by atoms with Crippen LogP contribution in [-0.4, -0.2) is 31.5 Å². The first-order valence-corrected chi connectivity index (χ1v) is 7.33. The molecule has 0 spiro atoms. The standard InChI is InChI=1S/C15H19ClN4O2/c1-10-17-13(11-4-6-12(16)7-5-11)19-20(10)9-8-15(2,3)18-14(21)22/h4-7,18H,8-9H2,1-3H3,(H,21,22). The first kappa shape index (κ1) is 16.3. The van der Waals surface area contributed by atoms with Gasteiger partial charge in [-0.05, 0) is 51.5 Å². The Balaban J connectivity index is 2.10. The van der Waals surface area contributed by atoms with Crippen LogP contribution in [0.2, 0.25) is 5.02 Å². The third kappa shape index (κ3) is 4.21. The zero-order valence-corrected chi connectivity index (χ0v) is 13.6. The molecule has 0 saturated heterocycles. The van der Waals surface area contributed by atoms with E-state index in [9.17, 15) is 4.79 Å². The second kappa shape index (κ2) is 6.36. The molecule has 1 aromatic heterocycles. The molecule has 2 aromatic rings. The topological polar surface area (TPSA) is 80.0 Å². The van der Waals surface area contributed by atoms with E-state index in [2.05, 4.69) is 15.4 Å². The number of aromatic nitrogens is 3. The van der Waals surface area contributed by atoms with Crippen molar-refractivity contribution in [3.8, 4) is 11.4 Å². The highest BCUT2D eigenvalue weighted by Crippen LogP contribution is 2.19. The van der Waals surface area contributed by atoms with E-state index in [1.807, 2.05) is 32.9 Å². The van der Waals surface area contributed by atoms with E-state index in [1.165, 1.54) is 0 Å². The summed E-state index contributed by atoms with van der Waals surface area (Å²) in [5.41, 5.74) is 0.374. The van der Waals surface area contributed by atoms with E-state index < -0.39 is 11.6 Å². The van der Waals surface area contributed by atoms with E-state index in [0.717, 1.165) is 11.4 Å². The van der Waals surface area contributed by atoms with Crippen molar-refractivity contribution in [2.75, 3.05) is 0 Å². The molecule has 1 heterocycles. The fourth-order valence-electron chi connectivity index (χ4n) is 2.09. The van der Waals surface area contributed by atoms with Crippen LogP contribution in [0.1, 0.15) is 26.1 Å². The van der Waals surface area contributed by atoms with Gasteiger partial charge in [-0.3, -0.25) is 0 Å². The van der Waals surface area contributed by atoms with Crippen LogP contribution in [0.3, 0.4) is 0 Å². The Bertz CT molecular complexity index is 665. The third-order valence-corrected chi connectivity index (χ3v) is 3.61. The van der Waals surface area contributed by atoms with Crippen LogP contribution in [-0.2, 0) is 6.54 Å². The Kier molecular flexibility index (Phi) is 4.71. The first-order valence-electron chi connectivity index (χ1n) is 6.95. The van der Waals surface area contributed by atoms with Gasteiger partial charge in [0.1, 0.15) is 5.82 Å². The van der Waals surface area contributed by atoms with Gasteiger partial charge in [0.15, 0.2) is 5.82 Å². The van der Waals surface area contributed by atoms with Crippen LogP contribution in [0.15, 0.2) is 24.3 Å². The number of rotatable bonds is 5. The Morgan fingerprint density at radius 3 is 2.59 bits per heavy atom. The molecule has 0 atom stereocenters. The van der Waals surface area contributed by atoms with E-state index in [0.29, 0.717) is 23.8 Å². The molecule has 0 radical (unpaired) electrons. The van der Waals surface area contributed by atoms with Crippen molar-refractivity contribution in [3.63, 3.8) is 0 Å². The van der Waals surface area contributed by atoms with E-state index in [4.69, 9.17) is 16.7 Å². The summed E-state index contributed by atoms with van der Waals surface area (Å²) in [4.78, 5) is 15.2. The smallest absolute Gasteiger partial charge is 0.405 e. The maximum atomic E-state index is 10.8. The van der Waals surface area contributed by atoms with Crippen LogP contribution >= 0.6 is 11.6 Å².